The van der Waals surface area contributed by atoms with Crippen molar-refractivity contribution in [2.24, 2.45) is 5.92 Å². The van der Waals surface area contributed by atoms with Gasteiger partial charge in [0.1, 0.15) is 6.17 Å². The highest BCUT2D eigenvalue weighted by atomic mass is 15.5. The van der Waals surface area contributed by atoms with Crippen molar-refractivity contribution < 1.29 is 0 Å². The number of fused-ring (bicyclic) bond motifs is 5. The van der Waals surface area contributed by atoms with Crippen LogP contribution in [0.15, 0.2) is 67.0 Å². The van der Waals surface area contributed by atoms with E-state index >= 15 is 0 Å². The van der Waals surface area contributed by atoms with E-state index in [1.807, 2.05) is 0 Å². The SMILES string of the molecule is CC1C2N(c3ccccc3)c3nccnc3N2c2ccccc2C1(C)C. The molecule has 0 fully saturated rings. The molecule has 0 spiro atoms. The first-order valence-electron chi connectivity index (χ1n) is 9.15. The van der Waals surface area contributed by atoms with E-state index in [0.29, 0.717) is 5.92 Å². The number of benzene rings is 2. The maximum absolute atomic E-state index is 4.72. The lowest BCUT2D eigenvalue weighted by molar-refractivity contribution is 0.279. The van der Waals surface area contributed by atoms with Gasteiger partial charge in [-0.2, -0.15) is 0 Å². The molecule has 0 bridgehead atoms. The van der Waals surface area contributed by atoms with Crippen molar-refractivity contribution in [1.82, 2.24) is 9.97 Å². The summed E-state index contributed by atoms with van der Waals surface area (Å²) in [7, 11) is 0. The molecular weight excluding hydrogens is 320 g/mol. The molecule has 0 saturated carbocycles. The molecule has 0 N–H and O–H groups in total. The van der Waals surface area contributed by atoms with Gasteiger partial charge in [-0.3, -0.25) is 0 Å². The minimum Gasteiger partial charge on any atom is -0.302 e. The highest BCUT2D eigenvalue weighted by molar-refractivity contribution is 5.86. The summed E-state index contributed by atoms with van der Waals surface area (Å²) in [4.78, 5) is 14.2. The number of anilines is 4. The van der Waals surface area contributed by atoms with Crippen molar-refractivity contribution in [3.63, 3.8) is 0 Å². The minimum absolute atomic E-state index is 0.0484. The Morgan fingerprint density at radius 3 is 2.15 bits per heavy atom. The van der Waals surface area contributed by atoms with Gasteiger partial charge in [-0.25, -0.2) is 9.97 Å². The van der Waals surface area contributed by atoms with Gasteiger partial charge in [-0.1, -0.05) is 57.2 Å². The Morgan fingerprint density at radius 2 is 1.42 bits per heavy atom. The molecule has 2 atom stereocenters. The summed E-state index contributed by atoms with van der Waals surface area (Å²) in [5.74, 6) is 2.26. The first-order chi connectivity index (χ1) is 12.6. The Hall–Kier alpha value is -2.88. The molecule has 2 aliphatic rings. The van der Waals surface area contributed by atoms with Crippen molar-refractivity contribution in [3.8, 4) is 0 Å². The fourth-order valence-corrected chi connectivity index (χ4v) is 4.44. The highest BCUT2D eigenvalue weighted by Gasteiger charge is 2.52. The molecule has 0 saturated heterocycles. The Kier molecular flexibility index (Phi) is 3.14. The molecule has 4 nitrogen and oxygen atoms in total. The van der Waals surface area contributed by atoms with E-state index in [1.165, 1.54) is 11.3 Å². The molecular formula is C22H22N4. The van der Waals surface area contributed by atoms with Crippen LogP contribution in [0, 0.1) is 5.92 Å². The van der Waals surface area contributed by atoms with Crippen LogP contribution in [0.3, 0.4) is 0 Å². The Bertz CT molecular complexity index is 967. The third kappa shape index (κ3) is 1.90. The molecule has 0 amide bonds. The van der Waals surface area contributed by atoms with Gasteiger partial charge in [0.2, 0.25) is 0 Å². The molecule has 2 aliphatic heterocycles. The maximum atomic E-state index is 4.72. The van der Waals surface area contributed by atoms with E-state index in [4.69, 9.17) is 9.97 Å². The van der Waals surface area contributed by atoms with Crippen LogP contribution in [-0.2, 0) is 5.41 Å². The highest BCUT2D eigenvalue weighted by Crippen LogP contribution is 2.55. The zero-order valence-electron chi connectivity index (χ0n) is 15.3. The Morgan fingerprint density at radius 1 is 0.808 bits per heavy atom. The lowest BCUT2D eigenvalue weighted by atomic mass is 9.69. The quantitative estimate of drug-likeness (QED) is 0.621. The van der Waals surface area contributed by atoms with Gasteiger partial charge in [0.05, 0.1) is 0 Å². The third-order valence-electron chi connectivity index (χ3n) is 6.12. The van der Waals surface area contributed by atoms with Crippen molar-refractivity contribution in [1.29, 1.82) is 0 Å². The van der Waals surface area contributed by atoms with E-state index in [1.54, 1.807) is 12.4 Å². The summed E-state index contributed by atoms with van der Waals surface area (Å²) in [6, 6.07) is 19.2. The fraction of sp³-hybridized carbons (Fsp3) is 0.273. The Labute approximate surface area is 154 Å². The van der Waals surface area contributed by atoms with Gasteiger partial charge in [0.15, 0.2) is 11.6 Å². The molecule has 26 heavy (non-hydrogen) atoms. The average molecular weight is 342 g/mol. The molecule has 0 aliphatic carbocycles. The van der Waals surface area contributed by atoms with E-state index in [9.17, 15) is 0 Å². The Balaban J connectivity index is 1.80. The number of nitrogens with zero attached hydrogens (tertiary/aromatic N) is 4. The van der Waals surface area contributed by atoms with Crippen LogP contribution in [0.2, 0.25) is 0 Å². The standard InChI is InChI=1S/C22H22N4/c1-15-21-25(16-9-5-4-6-10-16)19-20(24-14-13-23-19)26(21)18-12-8-7-11-17(18)22(15,2)3/h4-15,21H,1-3H3. The number of hydrogen-bond donors (Lipinski definition) is 0. The monoisotopic (exact) mass is 342 g/mol. The van der Waals surface area contributed by atoms with Crippen molar-refractivity contribution in [2.45, 2.75) is 32.4 Å². The summed E-state index contributed by atoms with van der Waals surface area (Å²) >= 11 is 0. The fourth-order valence-electron chi connectivity index (χ4n) is 4.44. The van der Waals surface area contributed by atoms with Crippen LogP contribution in [0.25, 0.3) is 0 Å². The van der Waals surface area contributed by atoms with Crippen LogP contribution in [-0.4, -0.2) is 16.1 Å². The predicted molar refractivity (Wildman–Crippen MR) is 105 cm³/mol. The second-order valence-electron chi connectivity index (χ2n) is 7.72. The van der Waals surface area contributed by atoms with Crippen molar-refractivity contribution >= 4 is 23.0 Å². The molecule has 2 aromatic carbocycles. The van der Waals surface area contributed by atoms with E-state index in [2.05, 4.69) is 85.2 Å². The zero-order chi connectivity index (χ0) is 17.9. The summed E-state index contributed by atoms with van der Waals surface area (Å²) in [6.45, 7) is 7.04. The van der Waals surface area contributed by atoms with Gasteiger partial charge in [-0.05, 0) is 29.2 Å². The van der Waals surface area contributed by atoms with Gasteiger partial charge in [-0.15, -0.1) is 0 Å². The topological polar surface area (TPSA) is 32.3 Å². The molecule has 3 aromatic rings. The molecule has 2 unspecified atom stereocenters. The van der Waals surface area contributed by atoms with Crippen LogP contribution in [0.4, 0.5) is 23.0 Å². The van der Waals surface area contributed by atoms with Gasteiger partial charge in [0, 0.05) is 29.7 Å². The van der Waals surface area contributed by atoms with Crippen LogP contribution in [0.1, 0.15) is 26.3 Å². The summed E-state index contributed by atoms with van der Waals surface area (Å²) in [5.41, 5.74) is 3.81. The predicted octanol–water partition coefficient (Wildman–Crippen LogP) is 5.02. The molecule has 130 valence electrons. The molecule has 4 heteroatoms. The van der Waals surface area contributed by atoms with Crippen LogP contribution >= 0.6 is 0 Å². The third-order valence-corrected chi connectivity index (χ3v) is 6.12. The average Bonchev–Trinajstić information content (AvgIpc) is 3.02. The van der Waals surface area contributed by atoms with Crippen molar-refractivity contribution in [3.05, 3.63) is 72.6 Å². The van der Waals surface area contributed by atoms with Crippen LogP contribution < -0.4 is 9.80 Å². The summed E-state index contributed by atoms with van der Waals surface area (Å²) in [6.07, 6.45) is 3.73. The largest absolute Gasteiger partial charge is 0.302 e. The van der Waals surface area contributed by atoms with Crippen molar-refractivity contribution in [2.75, 3.05) is 9.80 Å². The molecule has 1 aromatic heterocycles. The summed E-state index contributed by atoms with van der Waals surface area (Å²) in [5, 5.41) is 0. The van der Waals surface area contributed by atoms with Crippen LogP contribution in [0.5, 0.6) is 0 Å². The number of para-hydroxylation sites is 2. The molecule has 3 heterocycles. The van der Waals surface area contributed by atoms with Gasteiger partial charge < -0.3 is 9.80 Å². The van der Waals surface area contributed by atoms with E-state index in [-0.39, 0.29) is 11.6 Å². The number of aromatic nitrogens is 2. The minimum atomic E-state index is 0.0484. The second-order valence-corrected chi connectivity index (χ2v) is 7.72. The molecule has 0 radical (unpaired) electrons. The van der Waals surface area contributed by atoms with E-state index in [0.717, 1.165) is 17.3 Å². The van der Waals surface area contributed by atoms with E-state index < -0.39 is 0 Å². The smallest absolute Gasteiger partial charge is 0.178 e. The number of hydrogen-bond acceptors (Lipinski definition) is 4. The summed E-state index contributed by atoms with van der Waals surface area (Å²) < 4.78 is 0. The lowest BCUT2D eigenvalue weighted by Gasteiger charge is -2.49. The first-order valence-corrected chi connectivity index (χ1v) is 9.15. The normalized spacial score (nSPS) is 22.6. The molecule has 5 rings (SSSR count). The number of rotatable bonds is 1. The van der Waals surface area contributed by atoms with Gasteiger partial charge >= 0.3 is 0 Å². The zero-order valence-corrected chi connectivity index (χ0v) is 15.3. The second kappa shape index (κ2) is 5.31. The maximum Gasteiger partial charge on any atom is 0.178 e. The lowest BCUT2D eigenvalue weighted by Crippen LogP contribution is -2.53. The van der Waals surface area contributed by atoms with Gasteiger partial charge in [0.25, 0.3) is 0 Å². The first kappa shape index (κ1) is 15.4.